The molecule has 0 rings (SSSR count). The fraction of sp³-hybridized carbons (Fsp3) is 0.714. The quantitative estimate of drug-likeness (QED) is 0.250. The number of carboxylic acid groups (broad SMARTS) is 1. The zero-order valence-corrected chi connectivity index (χ0v) is 7.52. The molecule has 0 heterocycles. The standard InChI is InChI=1S/C7H12O8/c8-1-2(9)3(10)4(11)5(12)6(13)7(14)15/h2-5,8-12H,1H2,(H,14,15)/t2-,3+,4+,5-/m1/s1. The van der Waals surface area contributed by atoms with Crippen LogP contribution in [0.1, 0.15) is 0 Å². The third-order valence-corrected chi connectivity index (χ3v) is 1.73. The van der Waals surface area contributed by atoms with E-state index in [-0.39, 0.29) is 0 Å². The molecule has 0 fully saturated rings. The zero-order chi connectivity index (χ0) is 12.2. The number of aliphatic hydroxyl groups excluding tert-OH is 5. The van der Waals surface area contributed by atoms with Crippen LogP contribution in [-0.2, 0) is 9.59 Å². The van der Waals surface area contributed by atoms with E-state index in [0.717, 1.165) is 0 Å². The van der Waals surface area contributed by atoms with Gasteiger partial charge in [0, 0.05) is 0 Å². The van der Waals surface area contributed by atoms with Crippen molar-refractivity contribution in [3.8, 4) is 0 Å². The van der Waals surface area contributed by atoms with Crippen molar-refractivity contribution in [2.45, 2.75) is 24.4 Å². The van der Waals surface area contributed by atoms with Gasteiger partial charge in [0.15, 0.2) is 6.10 Å². The first-order valence-electron chi connectivity index (χ1n) is 3.93. The minimum absolute atomic E-state index is 0.911. The van der Waals surface area contributed by atoms with Crippen LogP contribution in [-0.4, -0.2) is 73.4 Å². The molecule has 0 aromatic heterocycles. The van der Waals surface area contributed by atoms with Gasteiger partial charge in [-0.2, -0.15) is 0 Å². The van der Waals surface area contributed by atoms with E-state index in [0.29, 0.717) is 0 Å². The van der Waals surface area contributed by atoms with Crippen LogP contribution in [0.25, 0.3) is 0 Å². The summed E-state index contributed by atoms with van der Waals surface area (Å²) in [6, 6.07) is 0. The molecule has 0 saturated heterocycles. The molecule has 0 bridgehead atoms. The molecule has 0 aromatic rings. The summed E-state index contributed by atoms with van der Waals surface area (Å²) in [5.74, 6) is -3.70. The van der Waals surface area contributed by atoms with E-state index in [1.54, 1.807) is 0 Å². The molecule has 0 amide bonds. The second-order valence-electron chi connectivity index (χ2n) is 2.85. The number of carbonyl (C=O) groups excluding carboxylic acids is 1. The monoisotopic (exact) mass is 224 g/mol. The molecule has 0 spiro atoms. The van der Waals surface area contributed by atoms with Crippen LogP contribution >= 0.6 is 0 Å². The van der Waals surface area contributed by atoms with Gasteiger partial charge in [0.1, 0.15) is 18.3 Å². The number of ketones is 1. The van der Waals surface area contributed by atoms with Gasteiger partial charge in [-0.1, -0.05) is 0 Å². The van der Waals surface area contributed by atoms with Crippen molar-refractivity contribution in [3.63, 3.8) is 0 Å². The highest BCUT2D eigenvalue weighted by Gasteiger charge is 2.36. The molecular formula is C7H12O8. The van der Waals surface area contributed by atoms with Crippen molar-refractivity contribution in [2.75, 3.05) is 6.61 Å². The molecule has 8 nitrogen and oxygen atoms in total. The fourth-order valence-electron chi connectivity index (χ4n) is 0.804. The van der Waals surface area contributed by atoms with Gasteiger partial charge in [-0.3, -0.25) is 4.79 Å². The number of hydrogen-bond acceptors (Lipinski definition) is 7. The van der Waals surface area contributed by atoms with Crippen LogP contribution in [0.3, 0.4) is 0 Å². The first-order valence-corrected chi connectivity index (χ1v) is 3.93. The van der Waals surface area contributed by atoms with Crippen molar-refractivity contribution in [1.29, 1.82) is 0 Å². The lowest BCUT2D eigenvalue weighted by Crippen LogP contribution is -2.50. The van der Waals surface area contributed by atoms with Crippen molar-refractivity contribution in [2.24, 2.45) is 0 Å². The number of carbonyl (C=O) groups is 2. The third kappa shape index (κ3) is 3.53. The molecule has 6 N–H and O–H groups in total. The Kier molecular flexibility index (Phi) is 5.33. The van der Waals surface area contributed by atoms with Crippen LogP contribution in [0.15, 0.2) is 0 Å². The van der Waals surface area contributed by atoms with Gasteiger partial charge in [-0.25, -0.2) is 4.79 Å². The fourth-order valence-corrected chi connectivity index (χ4v) is 0.804. The predicted octanol–water partition coefficient (Wildman–Crippen LogP) is -3.92. The zero-order valence-electron chi connectivity index (χ0n) is 7.52. The summed E-state index contributed by atoms with van der Waals surface area (Å²) in [6.45, 7) is -0.911. The molecule has 0 aliphatic carbocycles. The second-order valence-corrected chi connectivity index (χ2v) is 2.85. The molecular weight excluding hydrogens is 212 g/mol. The van der Waals surface area contributed by atoms with Crippen molar-refractivity contribution < 1.29 is 40.2 Å². The molecule has 0 saturated carbocycles. The highest BCUT2D eigenvalue weighted by Crippen LogP contribution is 2.06. The molecule has 4 atom stereocenters. The molecule has 15 heavy (non-hydrogen) atoms. The number of hydrogen-bond donors (Lipinski definition) is 6. The van der Waals surface area contributed by atoms with Crippen molar-refractivity contribution >= 4 is 11.8 Å². The van der Waals surface area contributed by atoms with Crippen molar-refractivity contribution in [1.82, 2.24) is 0 Å². The van der Waals surface area contributed by atoms with Crippen LogP contribution < -0.4 is 0 Å². The van der Waals surface area contributed by atoms with Crippen LogP contribution in [0.5, 0.6) is 0 Å². The lowest BCUT2D eigenvalue weighted by molar-refractivity contribution is -0.162. The Morgan fingerprint density at radius 1 is 1.00 bits per heavy atom. The van der Waals surface area contributed by atoms with Gasteiger partial charge < -0.3 is 30.6 Å². The van der Waals surface area contributed by atoms with Gasteiger partial charge in [-0.05, 0) is 0 Å². The first kappa shape index (κ1) is 13.9. The Labute approximate surface area is 84.0 Å². The summed E-state index contributed by atoms with van der Waals surface area (Å²) in [7, 11) is 0. The molecule has 0 unspecified atom stereocenters. The number of aliphatic hydroxyl groups is 5. The Bertz CT molecular complexity index is 239. The number of rotatable bonds is 6. The van der Waals surface area contributed by atoms with Crippen LogP contribution in [0, 0.1) is 0 Å². The molecule has 88 valence electrons. The normalized spacial score (nSPS) is 19.0. The van der Waals surface area contributed by atoms with E-state index in [9.17, 15) is 9.59 Å². The highest BCUT2D eigenvalue weighted by atomic mass is 16.4. The van der Waals surface area contributed by atoms with E-state index in [1.807, 2.05) is 0 Å². The molecule has 0 radical (unpaired) electrons. The minimum Gasteiger partial charge on any atom is -0.475 e. The Morgan fingerprint density at radius 2 is 1.47 bits per heavy atom. The van der Waals surface area contributed by atoms with Crippen LogP contribution in [0.4, 0.5) is 0 Å². The number of aliphatic carboxylic acids is 1. The third-order valence-electron chi connectivity index (χ3n) is 1.73. The van der Waals surface area contributed by atoms with E-state index in [4.69, 9.17) is 30.6 Å². The lowest BCUT2D eigenvalue weighted by atomic mass is 10.0. The largest absolute Gasteiger partial charge is 0.475 e. The molecule has 0 aromatic carbocycles. The van der Waals surface area contributed by atoms with Crippen molar-refractivity contribution in [3.05, 3.63) is 0 Å². The molecule has 0 aliphatic rings. The summed E-state index contributed by atoms with van der Waals surface area (Å²) >= 11 is 0. The molecule has 8 heteroatoms. The minimum atomic E-state index is -2.36. The van der Waals surface area contributed by atoms with E-state index >= 15 is 0 Å². The van der Waals surface area contributed by atoms with Gasteiger partial charge in [0.05, 0.1) is 6.61 Å². The maximum Gasteiger partial charge on any atom is 0.375 e. The summed E-state index contributed by atoms with van der Waals surface area (Å²) in [4.78, 5) is 20.7. The SMILES string of the molecule is O=C(O)C(=O)[C@H](O)[C@@H](O)[C@@H](O)[C@H](O)CO. The average molecular weight is 224 g/mol. The van der Waals surface area contributed by atoms with Gasteiger partial charge >= 0.3 is 5.97 Å². The number of Topliss-reactive ketones (excluding diaryl/α,β-unsaturated/α-hetero) is 1. The Morgan fingerprint density at radius 3 is 1.80 bits per heavy atom. The second kappa shape index (κ2) is 5.73. The average Bonchev–Trinajstić information content (AvgIpc) is 2.23. The van der Waals surface area contributed by atoms with E-state index in [1.165, 1.54) is 0 Å². The Balaban J connectivity index is 4.50. The topological polar surface area (TPSA) is 156 Å². The smallest absolute Gasteiger partial charge is 0.375 e. The number of carboxylic acids is 1. The van der Waals surface area contributed by atoms with Gasteiger partial charge in [0.25, 0.3) is 5.78 Å². The lowest BCUT2D eigenvalue weighted by Gasteiger charge is -2.23. The van der Waals surface area contributed by atoms with E-state index in [2.05, 4.69) is 0 Å². The summed E-state index contributed by atoms with van der Waals surface area (Å²) < 4.78 is 0. The summed E-state index contributed by atoms with van der Waals surface area (Å²) in [5, 5.41) is 52.4. The maximum absolute atomic E-state index is 10.6. The Hall–Kier alpha value is -1.06. The van der Waals surface area contributed by atoms with E-state index < -0.39 is 42.8 Å². The van der Waals surface area contributed by atoms with Gasteiger partial charge in [-0.15, -0.1) is 0 Å². The van der Waals surface area contributed by atoms with Gasteiger partial charge in [0.2, 0.25) is 0 Å². The molecule has 0 aliphatic heterocycles. The summed E-state index contributed by atoms with van der Waals surface area (Å²) in [6.07, 6.45) is -8.35. The highest BCUT2D eigenvalue weighted by molar-refractivity contribution is 6.34. The van der Waals surface area contributed by atoms with Crippen LogP contribution in [0.2, 0.25) is 0 Å². The predicted molar refractivity (Wildman–Crippen MR) is 43.8 cm³/mol. The summed E-state index contributed by atoms with van der Waals surface area (Å²) in [5.41, 5.74) is 0. The maximum atomic E-state index is 10.6. The first-order chi connectivity index (χ1) is 6.82.